The highest BCUT2D eigenvalue weighted by atomic mass is 16.4. The van der Waals surface area contributed by atoms with Gasteiger partial charge in [0.1, 0.15) is 0 Å². The first-order chi connectivity index (χ1) is 8.65. The van der Waals surface area contributed by atoms with Crippen LogP contribution in [0.4, 0.5) is 0 Å². The Balaban J connectivity index is 2.63. The number of aliphatic carboxylic acids is 1. The van der Waals surface area contributed by atoms with E-state index >= 15 is 0 Å². The van der Waals surface area contributed by atoms with Crippen molar-refractivity contribution >= 4 is 11.9 Å². The van der Waals surface area contributed by atoms with Crippen LogP contribution in [0.3, 0.4) is 0 Å². The molecule has 0 radical (unpaired) electrons. The summed E-state index contributed by atoms with van der Waals surface area (Å²) in [5.74, 6) is 0.803. The van der Waals surface area contributed by atoms with Crippen molar-refractivity contribution in [1.29, 1.82) is 0 Å². The molecule has 0 saturated carbocycles. The summed E-state index contributed by atoms with van der Waals surface area (Å²) in [6.07, 6.45) is 5.02. The number of carboxylic acid groups (broad SMARTS) is 1. The van der Waals surface area contributed by atoms with Gasteiger partial charge in [-0.1, -0.05) is 36.3 Å². The lowest BCUT2D eigenvalue weighted by Crippen LogP contribution is -2.39. The van der Waals surface area contributed by atoms with Gasteiger partial charge in [-0.25, -0.2) is 4.79 Å². The third-order valence-electron chi connectivity index (χ3n) is 2.20. The summed E-state index contributed by atoms with van der Waals surface area (Å²) in [7, 11) is 0. The molecule has 0 aliphatic carbocycles. The summed E-state index contributed by atoms with van der Waals surface area (Å²) >= 11 is 0. The molecular formula is C13H14N2O3. The molecule has 1 atom stereocenters. The summed E-state index contributed by atoms with van der Waals surface area (Å²) in [5, 5.41) is 14.2. The third-order valence-corrected chi connectivity index (χ3v) is 2.20. The van der Waals surface area contributed by atoms with Gasteiger partial charge in [0.05, 0.1) is 13.1 Å². The second kappa shape index (κ2) is 7.09. The van der Waals surface area contributed by atoms with E-state index < -0.39 is 17.9 Å². The van der Waals surface area contributed by atoms with Crippen LogP contribution in [0.2, 0.25) is 0 Å². The molecule has 0 saturated heterocycles. The van der Waals surface area contributed by atoms with Gasteiger partial charge in [0.25, 0.3) is 0 Å². The molecule has 0 heterocycles. The maximum Gasteiger partial charge on any atom is 0.330 e. The number of benzene rings is 1. The van der Waals surface area contributed by atoms with Gasteiger partial charge in [-0.3, -0.25) is 10.1 Å². The number of carbonyl (C=O) groups excluding carboxylic acids is 1. The van der Waals surface area contributed by atoms with Crippen LogP contribution in [-0.4, -0.2) is 30.1 Å². The fourth-order valence-electron chi connectivity index (χ4n) is 1.39. The Morgan fingerprint density at radius 1 is 1.33 bits per heavy atom. The van der Waals surface area contributed by atoms with Crippen molar-refractivity contribution in [3.8, 4) is 12.3 Å². The molecule has 0 fully saturated rings. The number of hydrogen-bond acceptors (Lipinski definition) is 3. The lowest BCUT2D eigenvalue weighted by Gasteiger charge is -2.14. The van der Waals surface area contributed by atoms with Gasteiger partial charge in [0.15, 0.2) is 6.04 Å². The van der Waals surface area contributed by atoms with E-state index in [0.29, 0.717) is 5.56 Å². The molecule has 5 heteroatoms. The van der Waals surface area contributed by atoms with Crippen molar-refractivity contribution in [2.45, 2.75) is 6.04 Å². The minimum atomic E-state index is -1.11. The van der Waals surface area contributed by atoms with Crippen LogP contribution in [0.1, 0.15) is 11.6 Å². The van der Waals surface area contributed by atoms with Crippen molar-refractivity contribution in [3.63, 3.8) is 0 Å². The van der Waals surface area contributed by atoms with Crippen LogP contribution in [0.25, 0.3) is 0 Å². The number of rotatable bonds is 6. The molecule has 18 heavy (non-hydrogen) atoms. The first-order valence-corrected chi connectivity index (χ1v) is 5.36. The van der Waals surface area contributed by atoms with Gasteiger partial charge < -0.3 is 10.4 Å². The zero-order chi connectivity index (χ0) is 13.4. The molecule has 0 aliphatic heterocycles. The van der Waals surface area contributed by atoms with Gasteiger partial charge in [-0.15, -0.1) is 6.42 Å². The molecule has 0 bridgehead atoms. The van der Waals surface area contributed by atoms with E-state index in [-0.39, 0.29) is 13.1 Å². The maximum atomic E-state index is 11.5. The Hall–Kier alpha value is -2.32. The van der Waals surface area contributed by atoms with E-state index in [1.807, 2.05) is 0 Å². The van der Waals surface area contributed by atoms with Crippen LogP contribution in [0.15, 0.2) is 30.3 Å². The number of carboxylic acids is 1. The Bertz CT molecular complexity index is 451. The first-order valence-electron chi connectivity index (χ1n) is 5.36. The fraction of sp³-hybridized carbons (Fsp3) is 0.231. The van der Waals surface area contributed by atoms with Gasteiger partial charge in [0, 0.05) is 0 Å². The number of terminal acetylenes is 1. The zero-order valence-electron chi connectivity index (χ0n) is 9.72. The average Bonchev–Trinajstić information content (AvgIpc) is 2.37. The quantitative estimate of drug-likeness (QED) is 0.493. The summed E-state index contributed by atoms with van der Waals surface area (Å²) in [4.78, 5) is 22.6. The van der Waals surface area contributed by atoms with E-state index in [0.717, 1.165) is 0 Å². The topological polar surface area (TPSA) is 78.4 Å². The molecule has 0 unspecified atom stereocenters. The maximum absolute atomic E-state index is 11.5. The van der Waals surface area contributed by atoms with E-state index in [1.165, 1.54) is 0 Å². The van der Waals surface area contributed by atoms with Crippen molar-refractivity contribution < 1.29 is 14.7 Å². The molecule has 0 aliphatic rings. The van der Waals surface area contributed by atoms with E-state index in [1.54, 1.807) is 30.3 Å². The van der Waals surface area contributed by atoms with E-state index in [4.69, 9.17) is 11.5 Å². The normalized spacial score (nSPS) is 11.3. The summed E-state index contributed by atoms with van der Waals surface area (Å²) in [6.45, 7) is 0.247. The second-order valence-electron chi connectivity index (χ2n) is 3.56. The van der Waals surface area contributed by atoms with Crippen molar-refractivity contribution in [3.05, 3.63) is 35.9 Å². The average molecular weight is 246 g/mol. The Morgan fingerprint density at radius 2 is 2.00 bits per heavy atom. The van der Waals surface area contributed by atoms with Crippen LogP contribution in [-0.2, 0) is 9.59 Å². The highest BCUT2D eigenvalue weighted by molar-refractivity contribution is 5.85. The Morgan fingerprint density at radius 3 is 2.56 bits per heavy atom. The first kappa shape index (κ1) is 13.7. The Labute approximate surface area is 105 Å². The summed E-state index contributed by atoms with van der Waals surface area (Å²) < 4.78 is 0. The minimum Gasteiger partial charge on any atom is -0.479 e. The van der Waals surface area contributed by atoms with Crippen LogP contribution >= 0.6 is 0 Å². The predicted molar refractivity (Wildman–Crippen MR) is 66.7 cm³/mol. The SMILES string of the molecule is C#CCNCC(=O)N[C@@H](C(=O)O)c1ccccc1. The van der Waals surface area contributed by atoms with Crippen molar-refractivity contribution in [2.75, 3.05) is 13.1 Å². The molecule has 94 valence electrons. The monoisotopic (exact) mass is 246 g/mol. The lowest BCUT2D eigenvalue weighted by molar-refractivity contribution is -0.141. The van der Waals surface area contributed by atoms with Crippen LogP contribution in [0, 0.1) is 12.3 Å². The molecule has 1 amide bonds. The van der Waals surface area contributed by atoms with Crippen molar-refractivity contribution in [1.82, 2.24) is 10.6 Å². The minimum absolute atomic E-state index is 0.0131. The summed E-state index contributed by atoms with van der Waals surface area (Å²) in [6, 6.07) is 7.45. The highest BCUT2D eigenvalue weighted by Gasteiger charge is 2.21. The lowest BCUT2D eigenvalue weighted by atomic mass is 10.1. The smallest absolute Gasteiger partial charge is 0.330 e. The molecular weight excluding hydrogens is 232 g/mol. The van der Waals surface area contributed by atoms with Gasteiger partial charge >= 0.3 is 5.97 Å². The fourth-order valence-corrected chi connectivity index (χ4v) is 1.39. The molecule has 1 aromatic carbocycles. The molecule has 5 nitrogen and oxygen atoms in total. The van der Waals surface area contributed by atoms with E-state index in [2.05, 4.69) is 16.6 Å². The zero-order valence-corrected chi connectivity index (χ0v) is 9.72. The Kier molecular flexibility index (Phi) is 5.42. The third kappa shape index (κ3) is 4.28. The number of nitrogens with one attached hydrogen (secondary N) is 2. The standard InChI is InChI=1S/C13H14N2O3/c1-2-8-14-9-11(16)15-12(13(17)18)10-6-4-3-5-7-10/h1,3-7,12,14H,8-9H2,(H,15,16)(H,17,18)/t12-/m1/s1. The van der Waals surface area contributed by atoms with Crippen LogP contribution in [0.5, 0.6) is 0 Å². The molecule has 1 rings (SSSR count). The largest absolute Gasteiger partial charge is 0.479 e. The van der Waals surface area contributed by atoms with Gasteiger partial charge in [-0.2, -0.15) is 0 Å². The predicted octanol–water partition coefficient (Wildman–Crippen LogP) is 0.151. The van der Waals surface area contributed by atoms with Gasteiger partial charge in [0.2, 0.25) is 5.91 Å². The van der Waals surface area contributed by atoms with Gasteiger partial charge in [-0.05, 0) is 5.56 Å². The van der Waals surface area contributed by atoms with Crippen LogP contribution < -0.4 is 10.6 Å². The molecule has 1 aromatic rings. The van der Waals surface area contributed by atoms with E-state index in [9.17, 15) is 9.59 Å². The highest BCUT2D eigenvalue weighted by Crippen LogP contribution is 2.12. The number of amides is 1. The second-order valence-corrected chi connectivity index (χ2v) is 3.56. The molecule has 0 spiro atoms. The molecule has 0 aromatic heterocycles. The molecule has 3 N–H and O–H groups in total. The summed E-state index contributed by atoms with van der Waals surface area (Å²) in [5.41, 5.74) is 0.523. The number of carbonyl (C=O) groups is 2. The number of hydrogen-bond donors (Lipinski definition) is 3. The van der Waals surface area contributed by atoms with Crippen molar-refractivity contribution in [2.24, 2.45) is 0 Å².